The van der Waals surface area contributed by atoms with Gasteiger partial charge in [-0.3, -0.25) is 4.90 Å². The molecule has 0 aliphatic heterocycles. The summed E-state index contributed by atoms with van der Waals surface area (Å²) in [4.78, 5) is 2.65. The molecule has 0 radical (unpaired) electrons. The number of aliphatic hydroxyl groups excluding tert-OH is 1. The van der Waals surface area contributed by atoms with Gasteiger partial charge >= 0.3 is 0 Å². The quantitative estimate of drug-likeness (QED) is 0.612. The topological polar surface area (TPSA) is 35.5 Å². The van der Waals surface area contributed by atoms with Crippen molar-refractivity contribution < 1.29 is 5.11 Å². The molecule has 0 saturated heterocycles. The monoisotopic (exact) mass is 284 g/mol. The average molecular weight is 284 g/mol. The van der Waals surface area contributed by atoms with Gasteiger partial charge < -0.3 is 10.4 Å². The van der Waals surface area contributed by atoms with Crippen LogP contribution >= 0.6 is 0 Å². The summed E-state index contributed by atoms with van der Waals surface area (Å²) in [7, 11) is 0. The summed E-state index contributed by atoms with van der Waals surface area (Å²) >= 11 is 0. The van der Waals surface area contributed by atoms with Crippen LogP contribution in [0, 0.1) is 5.41 Å². The van der Waals surface area contributed by atoms with Crippen molar-refractivity contribution in [2.75, 3.05) is 26.2 Å². The van der Waals surface area contributed by atoms with Crippen molar-refractivity contribution in [1.29, 1.82) is 0 Å². The molecule has 20 heavy (non-hydrogen) atoms. The fraction of sp³-hybridized carbons (Fsp3) is 1.00. The van der Waals surface area contributed by atoms with E-state index < -0.39 is 0 Å². The molecule has 120 valence electrons. The molecule has 1 aliphatic rings. The Morgan fingerprint density at radius 1 is 1.35 bits per heavy atom. The summed E-state index contributed by atoms with van der Waals surface area (Å²) in [5.41, 5.74) is 0.351. The van der Waals surface area contributed by atoms with Crippen LogP contribution in [0.4, 0.5) is 0 Å². The highest BCUT2D eigenvalue weighted by atomic mass is 16.3. The van der Waals surface area contributed by atoms with Crippen LogP contribution in [0.3, 0.4) is 0 Å². The van der Waals surface area contributed by atoms with Crippen LogP contribution in [0.5, 0.6) is 0 Å². The van der Waals surface area contributed by atoms with E-state index in [0.717, 1.165) is 25.6 Å². The molecule has 1 atom stereocenters. The minimum absolute atomic E-state index is 0.317. The third kappa shape index (κ3) is 6.11. The summed E-state index contributed by atoms with van der Waals surface area (Å²) in [6, 6.07) is 1.33. The Kier molecular flexibility index (Phi) is 8.08. The minimum atomic E-state index is 0.317. The Balaban J connectivity index is 2.57. The molecule has 0 aromatic heterocycles. The Morgan fingerprint density at radius 2 is 2.05 bits per heavy atom. The second kappa shape index (κ2) is 9.01. The van der Waals surface area contributed by atoms with Gasteiger partial charge in [-0.2, -0.15) is 0 Å². The van der Waals surface area contributed by atoms with Gasteiger partial charge in [0, 0.05) is 38.3 Å². The van der Waals surface area contributed by atoms with E-state index >= 15 is 0 Å². The Labute approximate surface area is 126 Å². The first-order valence-corrected chi connectivity index (χ1v) is 8.59. The summed E-state index contributed by atoms with van der Waals surface area (Å²) < 4.78 is 0. The van der Waals surface area contributed by atoms with Crippen LogP contribution in [0.25, 0.3) is 0 Å². The minimum Gasteiger partial charge on any atom is -0.396 e. The molecule has 1 saturated carbocycles. The van der Waals surface area contributed by atoms with Crippen molar-refractivity contribution >= 4 is 0 Å². The Bertz CT molecular complexity index is 253. The van der Waals surface area contributed by atoms with E-state index in [1.165, 1.54) is 38.6 Å². The normalized spacial score (nSPS) is 19.4. The first-order chi connectivity index (χ1) is 9.50. The summed E-state index contributed by atoms with van der Waals surface area (Å²) in [5.74, 6) is 0. The predicted octanol–water partition coefficient (Wildman–Crippen LogP) is 3.03. The zero-order chi connectivity index (χ0) is 15.0. The average Bonchev–Trinajstić information content (AvgIpc) is 2.32. The number of hydrogen-bond donors (Lipinski definition) is 2. The molecule has 0 aromatic rings. The van der Waals surface area contributed by atoms with Crippen molar-refractivity contribution in [3.8, 4) is 0 Å². The van der Waals surface area contributed by atoms with Gasteiger partial charge in [-0.05, 0) is 31.1 Å². The van der Waals surface area contributed by atoms with Gasteiger partial charge in [0.1, 0.15) is 0 Å². The van der Waals surface area contributed by atoms with Gasteiger partial charge in [-0.25, -0.2) is 0 Å². The third-order valence-electron chi connectivity index (χ3n) is 4.57. The van der Waals surface area contributed by atoms with Crippen LogP contribution in [-0.4, -0.2) is 48.3 Å². The fourth-order valence-corrected chi connectivity index (χ4v) is 3.18. The maximum absolute atomic E-state index is 9.13. The Hall–Kier alpha value is -0.120. The zero-order valence-electron chi connectivity index (χ0n) is 14.1. The number of hydrogen-bond acceptors (Lipinski definition) is 3. The van der Waals surface area contributed by atoms with Crippen molar-refractivity contribution in [3.05, 3.63) is 0 Å². The number of nitrogens with one attached hydrogen (secondary N) is 1. The smallest absolute Gasteiger partial charge is 0.0443 e. The van der Waals surface area contributed by atoms with E-state index in [1.54, 1.807) is 0 Å². The van der Waals surface area contributed by atoms with Gasteiger partial charge in [-0.1, -0.05) is 40.5 Å². The van der Waals surface area contributed by atoms with Crippen LogP contribution in [0.2, 0.25) is 0 Å². The highest BCUT2D eigenvalue weighted by Gasteiger charge is 2.31. The molecule has 3 heteroatoms. The molecule has 2 N–H and O–H groups in total. The molecule has 1 rings (SSSR count). The highest BCUT2D eigenvalue weighted by Crippen LogP contribution is 2.31. The lowest BCUT2D eigenvalue weighted by atomic mass is 9.82. The molecule has 0 spiro atoms. The molecule has 0 heterocycles. The zero-order valence-corrected chi connectivity index (χ0v) is 14.1. The number of rotatable bonds is 11. The van der Waals surface area contributed by atoms with Crippen LogP contribution < -0.4 is 5.32 Å². The number of nitrogens with zero attached hydrogens (tertiary/aromatic N) is 1. The van der Waals surface area contributed by atoms with Crippen molar-refractivity contribution in [2.45, 2.75) is 78.3 Å². The van der Waals surface area contributed by atoms with Gasteiger partial charge in [0.2, 0.25) is 0 Å². The molecule has 1 unspecified atom stereocenters. The van der Waals surface area contributed by atoms with Crippen LogP contribution in [0.1, 0.15) is 66.2 Å². The maximum atomic E-state index is 9.13. The molecule has 0 bridgehead atoms. The van der Waals surface area contributed by atoms with Crippen molar-refractivity contribution in [3.63, 3.8) is 0 Å². The molecule has 0 amide bonds. The van der Waals surface area contributed by atoms with Crippen molar-refractivity contribution in [1.82, 2.24) is 10.2 Å². The maximum Gasteiger partial charge on any atom is 0.0443 e. The molecule has 1 aliphatic carbocycles. The SMILES string of the molecule is CCCC(C)(CNC(C)C)CN(CCCO)C1CCC1. The number of aliphatic hydroxyl groups is 1. The second-order valence-corrected chi connectivity index (χ2v) is 7.23. The second-order valence-electron chi connectivity index (χ2n) is 7.23. The van der Waals surface area contributed by atoms with Crippen LogP contribution in [-0.2, 0) is 0 Å². The predicted molar refractivity (Wildman–Crippen MR) is 87.1 cm³/mol. The van der Waals surface area contributed by atoms with E-state index in [4.69, 9.17) is 5.11 Å². The first-order valence-electron chi connectivity index (χ1n) is 8.59. The summed E-state index contributed by atoms with van der Waals surface area (Å²) in [6.45, 7) is 12.8. The van der Waals surface area contributed by atoms with Gasteiger partial charge in [0.15, 0.2) is 0 Å². The van der Waals surface area contributed by atoms with Gasteiger partial charge in [-0.15, -0.1) is 0 Å². The standard InChI is InChI=1S/C17H36N2O/c1-5-10-17(4,13-18-15(2)3)14-19(11-7-12-20)16-8-6-9-16/h15-16,18,20H,5-14H2,1-4H3. The highest BCUT2D eigenvalue weighted by molar-refractivity contribution is 4.87. The third-order valence-corrected chi connectivity index (χ3v) is 4.57. The Morgan fingerprint density at radius 3 is 2.50 bits per heavy atom. The van der Waals surface area contributed by atoms with Gasteiger partial charge in [0.25, 0.3) is 0 Å². The van der Waals surface area contributed by atoms with E-state index in [1.807, 2.05) is 0 Å². The first kappa shape index (κ1) is 17.9. The molecule has 0 aromatic carbocycles. The van der Waals surface area contributed by atoms with E-state index in [2.05, 4.69) is 37.9 Å². The lowest BCUT2D eigenvalue weighted by Crippen LogP contribution is -2.49. The van der Waals surface area contributed by atoms with Crippen molar-refractivity contribution in [2.24, 2.45) is 5.41 Å². The lowest BCUT2D eigenvalue weighted by Gasteiger charge is -2.43. The summed E-state index contributed by atoms with van der Waals surface area (Å²) in [5, 5.41) is 12.8. The largest absolute Gasteiger partial charge is 0.396 e. The summed E-state index contributed by atoms with van der Waals surface area (Å²) in [6.07, 6.45) is 7.52. The molecular formula is C17H36N2O. The van der Waals surface area contributed by atoms with E-state index in [-0.39, 0.29) is 0 Å². The lowest BCUT2D eigenvalue weighted by molar-refractivity contribution is 0.0634. The van der Waals surface area contributed by atoms with Gasteiger partial charge in [0.05, 0.1) is 0 Å². The van der Waals surface area contributed by atoms with E-state index in [0.29, 0.717) is 18.1 Å². The molecular weight excluding hydrogens is 248 g/mol. The van der Waals surface area contributed by atoms with E-state index in [9.17, 15) is 0 Å². The molecule has 3 nitrogen and oxygen atoms in total. The molecule has 1 fully saturated rings. The van der Waals surface area contributed by atoms with Crippen LogP contribution in [0.15, 0.2) is 0 Å². The fourth-order valence-electron chi connectivity index (χ4n) is 3.18.